The summed E-state index contributed by atoms with van der Waals surface area (Å²) in [5.41, 5.74) is 0.602. The summed E-state index contributed by atoms with van der Waals surface area (Å²) >= 11 is 5.88. The molecule has 2 rings (SSSR count). The molecule has 18 heavy (non-hydrogen) atoms. The van der Waals surface area contributed by atoms with E-state index < -0.39 is 5.97 Å². The summed E-state index contributed by atoms with van der Waals surface area (Å²) in [7, 11) is 0. The van der Waals surface area contributed by atoms with Crippen LogP contribution in [0.15, 0.2) is 42.6 Å². The standard InChI is InChI=1S/C13H8ClNO3/c14-10-7-9(8-16)4-5-12(10)18-13(17)11-3-1-2-6-15-11/h1-8H. The number of rotatable bonds is 3. The van der Waals surface area contributed by atoms with Crippen LogP contribution in [0.1, 0.15) is 20.8 Å². The minimum Gasteiger partial charge on any atom is -0.420 e. The molecule has 5 heteroatoms. The lowest BCUT2D eigenvalue weighted by molar-refractivity contribution is 0.0728. The van der Waals surface area contributed by atoms with Crippen LogP contribution in [0.4, 0.5) is 0 Å². The zero-order valence-electron chi connectivity index (χ0n) is 9.17. The van der Waals surface area contributed by atoms with Crippen molar-refractivity contribution in [3.63, 3.8) is 0 Å². The number of pyridine rings is 1. The molecule has 2 aromatic rings. The molecule has 0 bridgehead atoms. The fraction of sp³-hybridized carbons (Fsp3) is 0. The highest BCUT2D eigenvalue weighted by atomic mass is 35.5. The van der Waals surface area contributed by atoms with Gasteiger partial charge in [0.05, 0.1) is 5.02 Å². The molecule has 0 aliphatic heterocycles. The lowest BCUT2D eigenvalue weighted by Crippen LogP contribution is -2.10. The molecule has 0 N–H and O–H groups in total. The third-order valence-corrected chi connectivity index (χ3v) is 2.46. The van der Waals surface area contributed by atoms with Crippen molar-refractivity contribution < 1.29 is 14.3 Å². The molecular formula is C13H8ClNO3. The SMILES string of the molecule is O=Cc1ccc(OC(=O)c2ccccn2)c(Cl)c1. The fourth-order valence-corrected chi connectivity index (χ4v) is 1.54. The van der Waals surface area contributed by atoms with Gasteiger partial charge in [0, 0.05) is 11.8 Å². The van der Waals surface area contributed by atoms with Gasteiger partial charge in [-0.15, -0.1) is 0 Å². The lowest BCUT2D eigenvalue weighted by atomic mass is 10.2. The smallest absolute Gasteiger partial charge is 0.362 e. The number of halogens is 1. The highest BCUT2D eigenvalue weighted by molar-refractivity contribution is 6.32. The molecular weight excluding hydrogens is 254 g/mol. The van der Waals surface area contributed by atoms with Crippen molar-refractivity contribution in [1.82, 2.24) is 4.98 Å². The predicted molar refractivity (Wildman–Crippen MR) is 66.0 cm³/mol. The summed E-state index contributed by atoms with van der Waals surface area (Å²) in [6.45, 7) is 0. The van der Waals surface area contributed by atoms with Crippen LogP contribution >= 0.6 is 11.6 Å². The van der Waals surface area contributed by atoms with Gasteiger partial charge in [0.2, 0.25) is 0 Å². The van der Waals surface area contributed by atoms with Crippen LogP contribution in [0.2, 0.25) is 5.02 Å². The number of hydrogen-bond acceptors (Lipinski definition) is 4. The summed E-state index contributed by atoms with van der Waals surface area (Å²) in [5, 5.41) is 0.198. The minimum atomic E-state index is -0.601. The number of hydrogen-bond donors (Lipinski definition) is 0. The van der Waals surface area contributed by atoms with Crippen LogP contribution in [0, 0.1) is 0 Å². The highest BCUT2D eigenvalue weighted by Gasteiger charge is 2.12. The van der Waals surface area contributed by atoms with E-state index in [0.29, 0.717) is 11.8 Å². The molecule has 0 amide bonds. The van der Waals surface area contributed by atoms with Crippen molar-refractivity contribution >= 4 is 23.9 Å². The summed E-state index contributed by atoms with van der Waals surface area (Å²) in [6.07, 6.45) is 2.16. The second kappa shape index (κ2) is 5.42. The highest BCUT2D eigenvalue weighted by Crippen LogP contribution is 2.25. The van der Waals surface area contributed by atoms with Gasteiger partial charge in [0.1, 0.15) is 17.7 Å². The van der Waals surface area contributed by atoms with E-state index in [4.69, 9.17) is 16.3 Å². The van der Waals surface area contributed by atoms with E-state index in [9.17, 15) is 9.59 Å². The monoisotopic (exact) mass is 261 g/mol. The Hall–Kier alpha value is -2.20. The van der Waals surface area contributed by atoms with Gasteiger partial charge in [-0.05, 0) is 30.3 Å². The van der Waals surface area contributed by atoms with Crippen molar-refractivity contribution in [3.8, 4) is 5.75 Å². The molecule has 0 atom stereocenters. The Morgan fingerprint density at radius 2 is 2.11 bits per heavy atom. The Morgan fingerprint density at radius 3 is 2.72 bits per heavy atom. The zero-order chi connectivity index (χ0) is 13.0. The van der Waals surface area contributed by atoms with Crippen molar-refractivity contribution in [3.05, 3.63) is 58.9 Å². The summed E-state index contributed by atoms with van der Waals surface area (Å²) in [6, 6.07) is 9.32. The maximum absolute atomic E-state index is 11.7. The summed E-state index contributed by atoms with van der Waals surface area (Å²) < 4.78 is 5.08. The molecule has 1 aromatic carbocycles. The number of esters is 1. The quantitative estimate of drug-likeness (QED) is 0.484. The third-order valence-electron chi connectivity index (χ3n) is 2.17. The molecule has 0 fully saturated rings. The Kier molecular flexibility index (Phi) is 3.69. The van der Waals surface area contributed by atoms with Crippen molar-refractivity contribution in [1.29, 1.82) is 0 Å². The molecule has 1 heterocycles. The predicted octanol–water partition coefficient (Wildman–Crippen LogP) is 2.77. The molecule has 0 spiro atoms. The van der Waals surface area contributed by atoms with Gasteiger partial charge < -0.3 is 4.74 Å². The molecule has 0 aliphatic carbocycles. The first-order valence-electron chi connectivity index (χ1n) is 5.08. The Bertz CT molecular complexity index is 584. The number of benzene rings is 1. The first-order valence-corrected chi connectivity index (χ1v) is 5.46. The third kappa shape index (κ3) is 2.73. The topological polar surface area (TPSA) is 56.3 Å². The fourth-order valence-electron chi connectivity index (χ4n) is 1.31. The van der Waals surface area contributed by atoms with Crippen molar-refractivity contribution in [2.75, 3.05) is 0 Å². The Balaban J connectivity index is 2.20. The summed E-state index contributed by atoms with van der Waals surface area (Å²) in [5.74, 6) is -0.408. The number of carbonyl (C=O) groups is 2. The van der Waals surface area contributed by atoms with Gasteiger partial charge in [0.15, 0.2) is 0 Å². The average molecular weight is 262 g/mol. The van der Waals surface area contributed by atoms with E-state index in [2.05, 4.69) is 4.98 Å². The molecule has 0 saturated carbocycles. The van der Waals surface area contributed by atoms with Crippen LogP contribution in [0.25, 0.3) is 0 Å². The van der Waals surface area contributed by atoms with Gasteiger partial charge >= 0.3 is 5.97 Å². The van der Waals surface area contributed by atoms with E-state index in [1.165, 1.54) is 30.5 Å². The first-order chi connectivity index (χ1) is 8.70. The van der Waals surface area contributed by atoms with E-state index in [1.54, 1.807) is 12.1 Å². The number of ether oxygens (including phenoxy) is 1. The van der Waals surface area contributed by atoms with Gasteiger partial charge in [-0.1, -0.05) is 17.7 Å². The molecule has 1 aromatic heterocycles. The minimum absolute atomic E-state index is 0.188. The number of aromatic nitrogens is 1. The lowest BCUT2D eigenvalue weighted by Gasteiger charge is -2.05. The summed E-state index contributed by atoms with van der Waals surface area (Å²) in [4.78, 5) is 26.1. The van der Waals surface area contributed by atoms with Gasteiger partial charge in [0.25, 0.3) is 0 Å². The largest absolute Gasteiger partial charge is 0.420 e. The Labute approximate surface area is 108 Å². The van der Waals surface area contributed by atoms with E-state index in [-0.39, 0.29) is 16.5 Å². The van der Waals surface area contributed by atoms with E-state index in [1.807, 2.05) is 0 Å². The molecule has 4 nitrogen and oxygen atoms in total. The van der Waals surface area contributed by atoms with Crippen LogP contribution in [-0.4, -0.2) is 17.2 Å². The van der Waals surface area contributed by atoms with Crippen molar-refractivity contribution in [2.45, 2.75) is 0 Å². The van der Waals surface area contributed by atoms with Gasteiger partial charge in [-0.25, -0.2) is 9.78 Å². The molecule has 0 aliphatic rings. The molecule has 0 saturated heterocycles. The first kappa shape index (κ1) is 12.3. The van der Waals surface area contributed by atoms with Crippen LogP contribution in [0.5, 0.6) is 5.75 Å². The molecule has 0 unspecified atom stereocenters. The van der Waals surface area contributed by atoms with Gasteiger partial charge in [-0.3, -0.25) is 4.79 Å². The van der Waals surface area contributed by atoms with Crippen LogP contribution in [-0.2, 0) is 0 Å². The maximum Gasteiger partial charge on any atom is 0.362 e. The normalized spacial score (nSPS) is 9.83. The van der Waals surface area contributed by atoms with E-state index in [0.717, 1.165) is 0 Å². The van der Waals surface area contributed by atoms with Crippen LogP contribution < -0.4 is 4.74 Å². The zero-order valence-corrected chi connectivity index (χ0v) is 9.92. The number of nitrogens with zero attached hydrogens (tertiary/aromatic N) is 1. The van der Waals surface area contributed by atoms with E-state index >= 15 is 0 Å². The van der Waals surface area contributed by atoms with Gasteiger partial charge in [-0.2, -0.15) is 0 Å². The molecule has 90 valence electrons. The second-order valence-electron chi connectivity index (χ2n) is 3.41. The number of aldehydes is 1. The van der Waals surface area contributed by atoms with Crippen molar-refractivity contribution in [2.24, 2.45) is 0 Å². The molecule has 0 radical (unpaired) electrons. The average Bonchev–Trinajstić information content (AvgIpc) is 2.42. The number of carbonyl (C=O) groups excluding carboxylic acids is 2. The maximum atomic E-state index is 11.7. The Morgan fingerprint density at radius 1 is 1.28 bits per heavy atom. The second-order valence-corrected chi connectivity index (χ2v) is 3.82. The van der Waals surface area contributed by atoms with Crippen LogP contribution in [0.3, 0.4) is 0 Å².